The number of amides is 2. The number of para-hydroxylation sites is 1. The van der Waals surface area contributed by atoms with Crippen LogP contribution in [-0.2, 0) is 9.59 Å². The van der Waals surface area contributed by atoms with Gasteiger partial charge in [0.2, 0.25) is 11.8 Å². The normalized spacial score (nSPS) is 16.7. The smallest absolute Gasteiger partial charge is 0.231 e. The Morgan fingerprint density at radius 1 is 1.30 bits per heavy atom. The van der Waals surface area contributed by atoms with Gasteiger partial charge in [0.25, 0.3) is 0 Å². The predicted octanol–water partition coefficient (Wildman–Crippen LogP) is 3.69. The maximum atomic E-state index is 12.6. The van der Waals surface area contributed by atoms with Crippen molar-refractivity contribution < 1.29 is 14.3 Å². The van der Waals surface area contributed by atoms with Crippen LogP contribution in [0.2, 0.25) is 0 Å². The Kier molecular flexibility index (Phi) is 4.77. The zero-order valence-corrected chi connectivity index (χ0v) is 15.7. The van der Waals surface area contributed by atoms with E-state index in [1.54, 1.807) is 4.90 Å². The second-order valence-electron chi connectivity index (χ2n) is 6.31. The first-order valence-corrected chi connectivity index (χ1v) is 9.65. The molecular weight excluding hydrogens is 362 g/mol. The number of hydrogen-bond acceptors (Lipinski definition) is 5. The minimum Gasteiger partial charge on any atom is -0.494 e. The number of rotatable bonds is 5. The number of carbonyl (C=O) groups excluding carboxylic acids is 2. The third-order valence-corrected chi connectivity index (χ3v) is 5.40. The van der Waals surface area contributed by atoms with Crippen molar-refractivity contribution in [2.75, 3.05) is 23.4 Å². The molecule has 1 N–H and O–H groups in total. The number of nitrogens with one attached hydrogen (secondary N) is 1. The highest BCUT2D eigenvalue weighted by atomic mass is 32.1. The number of thiazole rings is 1. The fourth-order valence-corrected chi connectivity index (χ4v) is 4.06. The van der Waals surface area contributed by atoms with Gasteiger partial charge in [-0.25, -0.2) is 4.98 Å². The molecule has 0 spiro atoms. The molecule has 1 aliphatic heterocycles. The van der Waals surface area contributed by atoms with E-state index >= 15 is 0 Å². The van der Waals surface area contributed by atoms with Crippen LogP contribution < -0.4 is 15.0 Å². The monoisotopic (exact) mass is 381 g/mol. The van der Waals surface area contributed by atoms with Gasteiger partial charge in [-0.15, -0.1) is 0 Å². The number of hydrogen-bond donors (Lipinski definition) is 1. The van der Waals surface area contributed by atoms with E-state index in [1.165, 1.54) is 11.3 Å². The van der Waals surface area contributed by atoms with Gasteiger partial charge in [-0.05, 0) is 37.3 Å². The van der Waals surface area contributed by atoms with Crippen molar-refractivity contribution >= 4 is 44.2 Å². The second-order valence-corrected chi connectivity index (χ2v) is 7.34. The molecule has 2 aromatic carbocycles. The molecule has 0 bridgehead atoms. The maximum absolute atomic E-state index is 12.6. The van der Waals surface area contributed by atoms with E-state index in [0.29, 0.717) is 18.3 Å². The van der Waals surface area contributed by atoms with E-state index in [9.17, 15) is 9.59 Å². The lowest BCUT2D eigenvalue weighted by Crippen LogP contribution is -2.28. The SMILES string of the molecule is CCOc1ccc2nc(NC(=O)C3CC(=O)N(c4ccccc4)C3)sc2c1. The summed E-state index contributed by atoms with van der Waals surface area (Å²) in [5.41, 5.74) is 1.63. The Morgan fingerprint density at radius 2 is 2.11 bits per heavy atom. The van der Waals surface area contributed by atoms with Gasteiger partial charge in [-0.3, -0.25) is 9.59 Å². The Balaban J connectivity index is 1.46. The summed E-state index contributed by atoms with van der Waals surface area (Å²) in [5, 5.41) is 3.40. The quantitative estimate of drug-likeness (QED) is 0.732. The molecule has 6 nitrogen and oxygen atoms in total. The summed E-state index contributed by atoms with van der Waals surface area (Å²) < 4.78 is 6.45. The van der Waals surface area contributed by atoms with Crippen molar-refractivity contribution in [2.45, 2.75) is 13.3 Å². The topological polar surface area (TPSA) is 71.5 Å². The minimum absolute atomic E-state index is 0.0352. The molecule has 1 atom stereocenters. The van der Waals surface area contributed by atoms with Gasteiger partial charge in [0.15, 0.2) is 5.13 Å². The highest BCUT2D eigenvalue weighted by molar-refractivity contribution is 7.22. The molecule has 0 radical (unpaired) electrons. The molecule has 138 valence electrons. The lowest BCUT2D eigenvalue weighted by molar-refractivity contribution is -0.122. The highest BCUT2D eigenvalue weighted by Gasteiger charge is 2.35. The van der Waals surface area contributed by atoms with Gasteiger partial charge in [0.05, 0.1) is 22.7 Å². The van der Waals surface area contributed by atoms with E-state index < -0.39 is 0 Å². The van der Waals surface area contributed by atoms with E-state index in [1.807, 2.05) is 55.5 Å². The van der Waals surface area contributed by atoms with Crippen LogP contribution in [0.5, 0.6) is 5.75 Å². The van der Waals surface area contributed by atoms with Crippen LogP contribution in [0.15, 0.2) is 48.5 Å². The van der Waals surface area contributed by atoms with Gasteiger partial charge < -0.3 is 15.0 Å². The van der Waals surface area contributed by atoms with Crippen molar-refractivity contribution in [1.29, 1.82) is 0 Å². The molecule has 1 saturated heterocycles. The summed E-state index contributed by atoms with van der Waals surface area (Å²) in [6.45, 7) is 2.92. The van der Waals surface area contributed by atoms with E-state index in [2.05, 4.69) is 10.3 Å². The summed E-state index contributed by atoms with van der Waals surface area (Å²) >= 11 is 1.40. The Hall–Kier alpha value is -2.93. The fourth-order valence-electron chi connectivity index (χ4n) is 3.16. The van der Waals surface area contributed by atoms with E-state index in [4.69, 9.17) is 4.74 Å². The van der Waals surface area contributed by atoms with Crippen molar-refractivity contribution in [3.63, 3.8) is 0 Å². The molecule has 4 rings (SSSR count). The van der Waals surface area contributed by atoms with Gasteiger partial charge in [-0.1, -0.05) is 29.5 Å². The van der Waals surface area contributed by atoms with Crippen LogP contribution in [0.25, 0.3) is 10.2 Å². The Morgan fingerprint density at radius 3 is 2.89 bits per heavy atom. The summed E-state index contributed by atoms with van der Waals surface area (Å²) in [4.78, 5) is 31.1. The molecular formula is C20H19N3O3S. The number of fused-ring (bicyclic) bond motifs is 1. The summed E-state index contributed by atoms with van der Waals surface area (Å²) in [7, 11) is 0. The molecule has 0 saturated carbocycles. The lowest BCUT2D eigenvalue weighted by Gasteiger charge is -2.16. The number of carbonyl (C=O) groups is 2. The summed E-state index contributed by atoms with van der Waals surface area (Å²) in [6, 6.07) is 15.1. The number of ether oxygens (including phenoxy) is 1. The van der Waals surface area contributed by atoms with Crippen LogP contribution in [-0.4, -0.2) is 29.9 Å². The van der Waals surface area contributed by atoms with Crippen molar-refractivity contribution in [3.8, 4) is 5.75 Å². The third-order valence-electron chi connectivity index (χ3n) is 4.46. The maximum Gasteiger partial charge on any atom is 0.231 e. The number of aromatic nitrogens is 1. The second kappa shape index (κ2) is 7.36. The zero-order chi connectivity index (χ0) is 18.8. The van der Waals surface area contributed by atoms with Gasteiger partial charge >= 0.3 is 0 Å². The lowest BCUT2D eigenvalue weighted by atomic mass is 10.1. The van der Waals surface area contributed by atoms with Gasteiger partial charge in [0, 0.05) is 18.7 Å². The average Bonchev–Trinajstić information content (AvgIpc) is 3.25. The largest absolute Gasteiger partial charge is 0.494 e. The molecule has 1 aromatic heterocycles. The first-order chi connectivity index (χ1) is 13.1. The third kappa shape index (κ3) is 3.64. The molecule has 0 aliphatic carbocycles. The van der Waals surface area contributed by atoms with Crippen LogP contribution in [0, 0.1) is 5.92 Å². The van der Waals surface area contributed by atoms with Crippen molar-refractivity contribution in [3.05, 3.63) is 48.5 Å². The van der Waals surface area contributed by atoms with Crippen LogP contribution in [0.1, 0.15) is 13.3 Å². The summed E-state index contributed by atoms with van der Waals surface area (Å²) in [6.07, 6.45) is 0.208. The predicted molar refractivity (Wildman–Crippen MR) is 106 cm³/mol. The molecule has 7 heteroatoms. The number of nitrogens with zero attached hydrogens (tertiary/aromatic N) is 2. The Labute approximate surface area is 160 Å². The fraction of sp³-hybridized carbons (Fsp3) is 0.250. The minimum atomic E-state index is -0.385. The molecule has 3 aromatic rings. The first-order valence-electron chi connectivity index (χ1n) is 8.83. The average molecular weight is 381 g/mol. The van der Waals surface area contributed by atoms with Crippen LogP contribution >= 0.6 is 11.3 Å². The van der Waals surface area contributed by atoms with Crippen molar-refractivity contribution in [1.82, 2.24) is 4.98 Å². The molecule has 2 amide bonds. The van der Waals surface area contributed by atoms with E-state index in [0.717, 1.165) is 21.7 Å². The van der Waals surface area contributed by atoms with Crippen LogP contribution in [0.4, 0.5) is 10.8 Å². The van der Waals surface area contributed by atoms with Gasteiger partial charge in [-0.2, -0.15) is 0 Å². The molecule has 1 aliphatic rings. The standard InChI is InChI=1S/C20H19N3O3S/c1-2-26-15-8-9-16-17(11-15)27-20(21-16)22-19(25)13-10-18(24)23(12-13)14-6-4-3-5-7-14/h3-9,11,13H,2,10,12H2,1H3,(H,21,22,25). The molecule has 27 heavy (non-hydrogen) atoms. The number of benzene rings is 2. The highest BCUT2D eigenvalue weighted by Crippen LogP contribution is 2.31. The summed E-state index contributed by atoms with van der Waals surface area (Å²) in [5.74, 6) is 0.188. The van der Waals surface area contributed by atoms with Gasteiger partial charge in [0.1, 0.15) is 5.75 Å². The van der Waals surface area contributed by atoms with Crippen molar-refractivity contribution in [2.24, 2.45) is 5.92 Å². The molecule has 2 heterocycles. The first kappa shape index (κ1) is 17.5. The zero-order valence-electron chi connectivity index (χ0n) is 14.8. The van der Waals surface area contributed by atoms with Crippen LogP contribution in [0.3, 0.4) is 0 Å². The molecule has 1 fully saturated rings. The Bertz CT molecular complexity index is 987. The molecule has 1 unspecified atom stereocenters. The van der Waals surface area contributed by atoms with E-state index in [-0.39, 0.29) is 24.2 Å². The number of anilines is 2.